The fourth-order valence-electron chi connectivity index (χ4n) is 4.44. The molecule has 0 aromatic heterocycles. The molecule has 3 aromatic carbocycles. The Hall–Kier alpha value is -4.86. The van der Waals surface area contributed by atoms with E-state index >= 15 is 0 Å². The van der Waals surface area contributed by atoms with Crippen molar-refractivity contribution in [3.05, 3.63) is 95.6 Å². The fourth-order valence-corrected chi connectivity index (χ4v) is 4.44. The van der Waals surface area contributed by atoms with Crippen molar-refractivity contribution in [1.29, 1.82) is 0 Å². The normalized spacial score (nSPS) is 12.4. The monoisotopic (exact) mass is 530 g/mol. The molecule has 0 radical (unpaired) electrons. The van der Waals surface area contributed by atoms with Crippen LogP contribution in [0.15, 0.2) is 78.9 Å². The standard InChI is InChI=1S/C29H30N4O6/c30-26(34)15-14-25(27(35)31-18-32-28(36)38-16-19-8-2-1-3-9-19)33-29(37)39-17-24-22-12-6-4-10-20(22)21-11-5-7-13-23(21)24/h1-13,24-25H,14-18H2,(H2,30,34)(H,31,35)(H,32,36)(H,33,37). The molecule has 39 heavy (non-hydrogen) atoms. The summed E-state index contributed by atoms with van der Waals surface area (Å²) in [6.45, 7) is -0.101. The van der Waals surface area contributed by atoms with Crippen molar-refractivity contribution >= 4 is 24.0 Å². The molecule has 0 heterocycles. The minimum absolute atomic E-state index is 0.0379. The second-order valence-electron chi connectivity index (χ2n) is 8.98. The minimum Gasteiger partial charge on any atom is -0.449 e. The van der Waals surface area contributed by atoms with E-state index in [0.29, 0.717) is 0 Å². The summed E-state index contributed by atoms with van der Waals surface area (Å²) >= 11 is 0. The number of alkyl carbamates (subject to hydrolysis) is 2. The quantitative estimate of drug-likeness (QED) is 0.280. The summed E-state index contributed by atoms with van der Waals surface area (Å²) in [5.74, 6) is -1.38. The van der Waals surface area contributed by atoms with E-state index in [-0.39, 0.29) is 38.6 Å². The number of benzene rings is 3. The molecule has 1 aliphatic rings. The predicted molar refractivity (Wildman–Crippen MR) is 143 cm³/mol. The first-order valence-electron chi connectivity index (χ1n) is 12.5. The SMILES string of the molecule is NC(=O)CCC(NC(=O)OCC1c2ccccc2-c2ccccc21)C(=O)NCNC(=O)OCc1ccccc1. The van der Waals surface area contributed by atoms with Crippen LogP contribution in [-0.4, -0.2) is 43.3 Å². The average molecular weight is 531 g/mol. The third-order valence-corrected chi connectivity index (χ3v) is 6.34. The van der Waals surface area contributed by atoms with Crippen molar-refractivity contribution < 1.29 is 28.7 Å². The lowest BCUT2D eigenvalue weighted by molar-refractivity contribution is -0.123. The Morgan fingerprint density at radius 2 is 1.38 bits per heavy atom. The van der Waals surface area contributed by atoms with Gasteiger partial charge in [0.1, 0.15) is 19.3 Å². The Labute approximate surface area is 225 Å². The number of amides is 4. The molecule has 1 atom stereocenters. The van der Waals surface area contributed by atoms with Gasteiger partial charge in [-0.1, -0.05) is 78.9 Å². The van der Waals surface area contributed by atoms with Crippen LogP contribution in [-0.2, 0) is 25.7 Å². The molecule has 10 heteroatoms. The number of ether oxygens (including phenoxy) is 2. The molecular weight excluding hydrogens is 500 g/mol. The largest absolute Gasteiger partial charge is 0.449 e. The van der Waals surface area contributed by atoms with Crippen LogP contribution in [0.25, 0.3) is 11.1 Å². The second-order valence-corrected chi connectivity index (χ2v) is 8.98. The van der Waals surface area contributed by atoms with E-state index in [1.54, 1.807) is 0 Å². The van der Waals surface area contributed by atoms with E-state index in [9.17, 15) is 19.2 Å². The number of carbonyl (C=O) groups excluding carboxylic acids is 4. The van der Waals surface area contributed by atoms with Crippen molar-refractivity contribution in [3.63, 3.8) is 0 Å². The first-order valence-corrected chi connectivity index (χ1v) is 12.5. The second kappa shape index (κ2) is 13.1. The molecule has 0 bridgehead atoms. The maximum Gasteiger partial charge on any atom is 0.408 e. The summed E-state index contributed by atoms with van der Waals surface area (Å²) in [4.78, 5) is 48.6. The van der Waals surface area contributed by atoms with Gasteiger partial charge >= 0.3 is 12.2 Å². The van der Waals surface area contributed by atoms with Crippen LogP contribution in [0.4, 0.5) is 9.59 Å². The molecule has 202 valence electrons. The minimum atomic E-state index is -1.10. The van der Waals surface area contributed by atoms with Gasteiger partial charge in [0, 0.05) is 12.3 Å². The summed E-state index contributed by atoms with van der Waals surface area (Å²) in [6, 6.07) is 23.9. The lowest BCUT2D eigenvalue weighted by Crippen LogP contribution is -2.50. The first kappa shape index (κ1) is 27.2. The summed E-state index contributed by atoms with van der Waals surface area (Å²) in [6.07, 6.45) is -1.70. The Kier molecular flexibility index (Phi) is 9.12. The van der Waals surface area contributed by atoms with Crippen LogP contribution in [0.1, 0.15) is 35.4 Å². The van der Waals surface area contributed by atoms with Gasteiger partial charge in [0.05, 0.1) is 6.67 Å². The molecule has 0 fully saturated rings. The van der Waals surface area contributed by atoms with Gasteiger partial charge in [0.15, 0.2) is 0 Å². The highest BCUT2D eigenvalue weighted by atomic mass is 16.6. The van der Waals surface area contributed by atoms with Gasteiger partial charge in [0.25, 0.3) is 0 Å². The van der Waals surface area contributed by atoms with Gasteiger partial charge < -0.3 is 31.2 Å². The number of hydrogen-bond acceptors (Lipinski definition) is 6. The van der Waals surface area contributed by atoms with Crippen molar-refractivity contribution in [2.75, 3.05) is 13.3 Å². The third-order valence-electron chi connectivity index (χ3n) is 6.34. The van der Waals surface area contributed by atoms with Gasteiger partial charge in [-0.3, -0.25) is 9.59 Å². The van der Waals surface area contributed by atoms with E-state index < -0.39 is 30.0 Å². The third kappa shape index (κ3) is 7.35. The highest BCUT2D eigenvalue weighted by Crippen LogP contribution is 2.44. The van der Waals surface area contributed by atoms with Gasteiger partial charge in [-0.15, -0.1) is 0 Å². The van der Waals surface area contributed by atoms with Crippen molar-refractivity contribution in [2.24, 2.45) is 5.73 Å². The molecule has 3 aromatic rings. The molecule has 0 saturated heterocycles. The predicted octanol–water partition coefficient (Wildman–Crippen LogP) is 3.16. The van der Waals surface area contributed by atoms with E-state index in [2.05, 4.69) is 16.0 Å². The molecular formula is C29H30N4O6. The van der Waals surface area contributed by atoms with Crippen LogP contribution < -0.4 is 21.7 Å². The number of carbonyl (C=O) groups is 4. The Balaban J connectivity index is 1.28. The zero-order valence-corrected chi connectivity index (χ0v) is 21.2. The van der Waals surface area contributed by atoms with Gasteiger partial charge in [-0.2, -0.15) is 0 Å². The maximum absolute atomic E-state index is 12.7. The van der Waals surface area contributed by atoms with E-state index in [0.717, 1.165) is 27.8 Å². The number of primary amides is 1. The molecule has 4 rings (SSSR count). The fraction of sp³-hybridized carbons (Fsp3) is 0.241. The lowest BCUT2D eigenvalue weighted by atomic mass is 9.98. The van der Waals surface area contributed by atoms with Crippen LogP contribution >= 0.6 is 0 Å². The number of hydrogen-bond donors (Lipinski definition) is 4. The topological polar surface area (TPSA) is 149 Å². The Bertz CT molecular complexity index is 1280. The van der Waals surface area contributed by atoms with E-state index in [4.69, 9.17) is 15.2 Å². The van der Waals surface area contributed by atoms with Crippen molar-refractivity contribution in [2.45, 2.75) is 31.4 Å². The number of nitrogens with two attached hydrogens (primary N) is 1. The highest BCUT2D eigenvalue weighted by molar-refractivity contribution is 5.86. The molecule has 0 aliphatic heterocycles. The van der Waals surface area contributed by atoms with Crippen molar-refractivity contribution in [1.82, 2.24) is 16.0 Å². The zero-order chi connectivity index (χ0) is 27.6. The summed E-state index contributed by atoms with van der Waals surface area (Å²) < 4.78 is 10.6. The van der Waals surface area contributed by atoms with Crippen LogP contribution in [0.2, 0.25) is 0 Å². The average Bonchev–Trinajstić information content (AvgIpc) is 3.27. The molecule has 10 nitrogen and oxygen atoms in total. The van der Waals surface area contributed by atoms with Crippen LogP contribution in [0, 0.1) is 0 Å². The summed E-state index contributed by atoms with van der Waals surface area (Å²) in [5.41, 5.74) is 10.3. The van der Waals surface area contributed by atoms with Crippen LogP contribution in [0.5, 0.6) is 0 Å². The summed E-state index contributed by atoms with van der Waals surface area (Å²) in [5, 5.41) is 7.40. The number of rotatable bonds is 11. The molecule has 0 saturated carbocycles. The molecule has 1 unspecified atom stereocenters. The highest BCUT2D eigenvalue weighted by Gasteiger charge is 2.30. The van der Waals surface area contributed by atoms with E-state index in [1.807, 2.05) is 78.9 Å². The molecule has 0 spiro atoms. The maximum atomic E-state index is 12.7. The van der Waals surface area contributed by atoms with Crippen LogP contribution in [0.3, 0.4) is 0 Å². The van der Waals surface area contributed by atoms with Gasteiger partial charge in [-0.05, 0) is 34.2 Å². The lowest BCUT2D eigenvalue weighted by Gasteiger charge is -2.19. The summed E-state index contributed by atoms with van der Waals surface area (Å²) in [7, 11) is 0. The Morgan fingerprint density at radius 3 is 2.03 bits per heavy atom. The van der Waals surface area contributed by atoms with E-state index in [1.165, 1.54) is 0 Å². The smallest absolute Gasteiger partial charge is 0.408 e. The Morgan fingerprint density at radius 1 is 0.769 bits per heavy atom. The molecule has 5 N–H and O–H groups in total. The molecule has 1 aliphatic carbocycles. The van der Waals surface area contributed by atoms with Crippen molar-refractivity contribution in [3.8, 4) is 11.1 Å². The number of nitrogens with one attached hydrogen (secondary N) is 3. The van der Waals surface area contributed by atoms with Gasteiger partial charge in [0.2, 0.25) is 11.8 Å². The van der Waals surface area contributed by atoms with Gasteiger partial charge in [-0.25, -0.2) is 9.59 Å². The number of fused-ring (bicyclic) bond motifs is 3. The zero-order valence-electron chi connectivity index (χ0n) is 21.2. The molecule has 4 amide bonds. The first-order chi connectivity index (χ1) is 18.9.